The van der Waals surface area contributed by atoms with Crippen LogP contribution in [-0.2, 0) is 14.3 Å². The van der Waals surface area contributed by atoms with E-state index in [1.807, 2.05) is 6.92 Å². The summed E-state index contributed by atoms with van der Waals surface area (Å²) < 4.78 is 11.0. The van der Waals surface area contributed by atoms with E-state index in [1.54, 1.807) is 0 Å². The Morgan fingerprint density at radius 3 is 2.82 bits per heavy atom. The predicted octanol–water partition coefficient (Wildman–Crippen LogP) is 1.49. The average molecular weight is 241 g/mol. The van der Waals surface area contributed by atoms with Gasteiger partial charge in [-0.3, -0.25) is 4.79 Å². The van der Waals surface area contributed by atoms with Crippen molar-refractivity contribution in [2.24, 2.45) is 5.41 Å². The first-order chi connectivity index (χ1) is 8.21. The molecule has 17 heavy (non-hydrogen) atoms. The van der Waals surface area contributed by atoms with Gasteiger partial charge in [0, 0.05) is 6.61 Å². The summed E-state index contributed by atoms with van der Waals surface area (Å²) >= 11 is 0. The second-order valence-corrected chi connectivity index (χ2v) is 5.40. The molecule has 0 spiro atoms. The van der Waals surface area contributed by atoms with Gasteiger partial charge in [-0.05, 0) is 52.1 Å². The smallest absolute Gasteiger partial charge is 0.311 e. The van der Waals surface area contributed by atoms with Crippen molar-refractivity contribution in [3.8, 4) is 0 Å². The molecule has 2 fully saturated rings. The topological polar surface area (TPSA) is 47.6 Å². The van der Waals surface area contributed by atoms with Crippen LogP contribution in [0.4, 0.5) is 0 Å². The number of carbonyl (C=O) groups is 1. The van der Waals surface area contributed by atoms with E-state index in [9.17, 15) is 4.79 Å². The van der Waals surface area contributed by atoms with Crippen molar-refractivity contribution < 1.29 is 14.3 Å². The fourth-order valence-corrected chi connectivity index (χ4v) is 2.46. The third-order valence-electron chi connectivity index (χ3n) is 3.87. The lowest BCUT2D eigenvalue weighted by Crippen LogP contribution is -2.42. The van der Waals surface area contributed by atoms with Crippen molar-refractivity contribution in [2.45, 2.75) is 45.1 Å². The minimum Gasteiger partial charge on any atom is -0.463 e. The maximum absolute atomic E-state index is 12.1. The second kappa shape index (κ2) is 5.83. The number of hydrogen-bond acceptors (Lipinski definition) is 4. The van der Waals surface area contributed by atoms with E-state index < -0.39 is 0 Å². The highest BCUT2D eigenvalue weighted by Gasteiger charge is 2.36. The highest BCUT2D eigenvalue weighted by Crippen LogP contribution is 2.29. The predicted molar refractivity (Wildman–Crippen MR) is 64.8 cm³/mol. The van der Waals surface area contributed by atoms with E-state index in [4.69, 9.17) is 9.47 Å². The minimum atomic E-state index is -0.292. The number of rotatable bonds is 3. The van der Waals surface area contributed by atoms with E-state index in [2.05, 4.69) is 5.32 Å². The Kier molecular flexibility index (Phi) is 4.40. The van der Waals surface area contributed by atoms with Gasteiger partial charge in [0.1, 0.15) is 6.61 Å². The second-order valence-electron chi connectivity index (χ2n) is 5.40. The number of nitrogens with one attached hydrogen (secondary N) is 1. The summed E-state index contributed by atoms with van der Waals surface area (Å²) in [4.78, 5) is 12.1. The number of carbonyl (C=O) groups excluding carboxylic acids is 1. The SMILES string of the molecule is CC1(C(=O)OCC2CCCCO2)CCNCC1. The quantitative estimate of drug-likeness (QED) is 0.760. The first-order valence-corrected chi connectivity index (χ1v) is 6.70. The van der Waals surface area contributed by atoms with E-state index in [0.29, 0.717) is 6.61 Å². The van der Waals surface area contributed by atoms with Gasteiger partial charge in [-0.1, -0.05) is 0 Å². The fourth-order valence-electron chi connectivity index (χ4n) is 2.46. The van der Waals surface area contributed by atoms with Gasteiger partial charge in [-0.15, -0.1) is 0 Å². The van der Waals surface area contributed by atoms with Crippen LogP contribution in [0.5, 0.6) is 0 Å². The Morgan fingerprint density at radius 1 is 1.41 bits per heavy atom. The molecule has 0 aliphatic carbocycles. The van der Waals surface area contributed by atoms with Gasteiger partial charge >= 0.3 is 5.97 Å². The average Bonchev–Trinajstić information content (AvgIpc) is 2.38. The van der Waals surface area contributed by atoms with Crippen LogP contribution >= 0.6 is 0 Å². The normalized spacial score (nSPS) is 28.6. The van der Waals surface area contributed by atoms with E-state index in [0.717, 1.165) is 45.4 Å². The number of piperidine rings is 1. The van der Waals surface area contributed by atoms with Crippen molar-refractivity contribution in [3.05, 3.63) is 0 Å². The largest absolute Gasteiger partial charge is 0.463 e. The molecule has 0 aromatic rings. The van der Waals surface area contributed by atoms with Gasteiger partial charge in [0.15, 0.2) is 0 Å². The van der Waals surface area contributed by atoms with Crippen LogP contribution in [0.1, 0.15) is 39.0 Å². The summed E-state index contributed by atoms with van der Waals surface area (Å²) in [6.07, 6.45) is 5.20. The molecule has 2 heterocycles. The molecule has 0 aromatic carbocycles. The molecule has 4 heteroatoms. The summed E-state index contributed by atoms with van der Waals surface area (Å²) in [6.45, 7) is 5.07. The molecular weight excluding hydrogens is 218 g/mol. The zero-order valence-corrected chi connectivity index (χ0v) is 10.7. The zero-order chi connectivity index (χ0) is 12.1. The lowest BCUT2D eigenvalue weighted by atomic mass is 9.81. The van der Waals surface area contributed by atoms with Crippen LogP contribution < -0.4 is 5.32 Å². The Balaban J connectivity index is 1.75. The standard InChI is InChI=1S/C13H23NO3/c1-13(5-7-14-8-6-13)12(15)17-10-11-4-2-3-9-16-11/h11,14H,2-10H2,1H3. The molecule has 0 bridgehead atoms. The Morgan fingerprint density at radius 2 is 2.18 bits per heavy atom. The molecule has 1 atom stereocenters. The van der Waals surface area contributed by atoms with Crippen molar-refractivity contribution >= 4 is 5.97 Å². The van der Waals surface area contributed by atoms with Gasteiger partial charge in [-0.2, -0.15) is 0 Å². The maximum atomic E-state index is 12.1. The lowest BCUT2D eigenvalue weighted by molar-refractivity contribution is -0.161. The third-order valence-corrected chi connectivity index (χ3v) is 3.87. The van der Waals surface area contributed by atoms with Gasteiger partial charge in [-0.25, -0.2) is 0 Å². The van der Waals surface area contributed by atoms with Crippen LogP contribution in [0.25, 0.3) is 0 Å². The van der Waals surface area contributed by atoms with Crippen LogP contribution in [0.3, 0.4) is 0 Å². The highest BCUT2D eigenvalue weighted by molar-refractivity contribution is 5.76. The molecule has 98 valence electrons. The molecule has 4 nitrogen and oxygen atoms in total. The molecule has 2 aliphatic heterocycles. The van der Waals surface area contributed by atoms with Crippen LogP contribution in [0.15, 0.2) is 0 Å². The molecule has 2 rings (SSSR count). The summed E-state index contributed by atoms with van der Waals surface area (Å²) in [5.74, 6) is -0.0480. The van der Waals surface area contributed by atoms with Crippen molar-refractivity contribution in [3.63, 3.8) is 0 Å². The molecular formula is C13H23NO3. The minimum absolute atomic E-state index is 0.0480. The maximum Gasteiger partial charge on any atom is 0.311 e. The molecule has 1 unspecified atom stereocenters. The molecule has 0 amide bonds. The van der Waals surface area contributed by atoms with Gasteiger partial charge in [0.05, 0.1) is 11.5 Å². The number of esters is 1. The number of ether oxygens (including phenoxy) is 2. The molecule has 0 saturated carbocycles. The van der Waals surface area contributed by atoms with Gasteiger partial charge in [0.2, 0.25) is 0 Å². The monoisotopic (exact) mass is 241 g/mol. The molecule has 2 saturated heterocycles. The fraction of sp³-hybridized carbons (Fsp3) is 0.923. The summed E-state index contributed by atoms with van der Waals surface area (Å²) in [5.41, 5.74) is -0.292. The highest BCUT2D eigenvalue weighted by atomic mass is 16.6. The van der Waals surface area contributed by atoms with Crippen molar-refractivity contribution in [1.82, 2.24) is 5.32 Å². The van der Waals surface area contributed by atoms with Crippen molar-refractivity contribution in [1.29, 1.82) is 0 Å². The third kappa shape index (κ3) is 3.42. The number of hydrogen-bond donors (Lipinski definition) is 1. The first kappa shape index (κ1) is 12.8. The van der Waals surface area contributed by atoms with Crippen LogP contribution in [-0.4, -0.2) is 38.4 Å². The Hall–Kier alpha value is -0.610. The van der Waals surface area contributed by atoms with Gasteiger partial charge in [0.25, 0.3) is 0 Å². The molecule has 0 aromatic heterocycles. The lowest BCUT2D eigenvalue weighted by Gasteiger charge is -2.32. The van der Waals surface area contributed by atoms with Gasteiger partial charge < -0.3 is 14.8 Å². The summed E-state index contributed by atoms with van der Waals surface area (Å²) in [6, 6.07) is 0. The summed E-state index contributed by atoms with van der Waals surface area (Å²) in [7, 11) is 0. The van der Waals surface area contributed by atoms with E-state index in [-0.39, 0.29) is 17.5 Å². The molecule has 2 aliphatic rings. The molecule has 1 N–H and O–H groups in total. The van der Waals surface area contributed by atoms with Crippen molar-refractivity contribution in [2.75, 3.05) is 26.3 Å². The first-order valence-electron chi connectivity index (χ1n) is 6.70. The zero-order valence-electron chi connectivity index (χ0n) is 10.7. The van der Waals surface area contributed by atoms with Crippen LogP contribution in [0, 0.1) is 5.41 Å². The van der Waals surface area contributed by atoms with Crippen LogP contribution in [0.2, 0.25) is 0 Å². The molecule has 0 radical (unpaired) electrons. The van der Waals surface area contributed by atoms with E-state index >= 15 is 0 Å². The van der Waals surface area contributed by atoms with E-state index in [1.165, 1.54) is 6.42 Å². The Bertz CT molecular complexity index is 255. The summed E-state index contributed by atoms with van der Waals surface area (Å²) in [5, 5.41) is 3.27. The Labute approximate surface area is 103 Å².